The molecule has 1 aliphatic carbocycles. The van der Waals surface area contributed by atoms with Crippen molar-refractivity contribution in [2.75, 3.05) is 40.9 Å². The molecule has 0 N–H and O–H groups in total. The van der Waals surface area contributed by atoms with E-state index in [4.69, 9.17) is 4.74 Å². The first-order chi connectivity index (χ1) is 10.2. The molecule has 1 saturated carbocycles. The average Bonchev–Trinajstić information content (AvgIpc) is 3.07. The van der Waals surface area contributed by atoms with Gasteiger partial charge in [0.15, 0.2) is 0 Å². The van der Waals surface area contributed by atoms with Gasteiger partial charge in [-0.3, -0.25) is 4.90 Å². The zero-order valence-corrected chi connectivity index (χ0v) is 13.5. The highest BCUT2D eigenvalue weighted by molar-refractivity contribution is 5.02. The standard InChI is InChI=1S/C16H28N4O/c1-18(2)16-11-19(10-15(16)13-4-5-13)9-14-8-17-12-20(14)6-7-21-3/h8,12-13,15-16H,4-7,9-11H2,1-3H3/t15-,16+/m0/s1. The lowest BCUT2D eigenvalue weighted by Gasteiger charge is -2.25. The topological polar surface area (TPSA) is 33.5 Å². The van der Waals surface area contributed by atoms with E-state index in [0.717, 1.165) is 31.5 Å². The van der Waals surface area contributed by atoms with E-state index in [1.807, 2.05) is 12.5 Å². The molecule has 0 radical (unpaired) electrons. The van der Waals surface area contributed by atoms with E-state index in [1.165, 1.54) is 31.6 Å². The third kappa shape index (κ3) is 3.47. The van der Waals surface area contributed by atoms with Gasteiger partial charge in [0.2, 0.25) is 0 Å². The molecular weight excluding hydrogens is 264 g/mol. The monoisotopic (exact) mass is 292 g/mol. The van der Waals surface area contributed by atoms with Crippen LogP contribution in [0.3, 0.4) is 0 Å². The highest BCUT2D eigenvalue weighted by Crippen LogP contribution is 2.42. The number of likely N-dealkylation sites (tertiary alicyclic amines) is 1. The summed E-state index contributed by atoms with van der Waals surface area (Å²) < 4.78 is 7.40. The lowest BCUT2D eigenvalue weighted by Crippen LogP contribution is -2.36. The molecule has 2 atom stereocenters. The Bertz CT molecular complexity index is 445. The van der Waals surface area contributed by atoms with Crippen LogP contribution in [0.1, 0.15) is 18.5 Å². The van der Waals surface area contributed by atoms with Crippen LogP contribution in [0.5, 0.6) is 0 Å². The number of likely N-dealkylation sites (N-methyl/N-ethyl adjacent to an activating group) is 1. The minimum Gasteiger partial charge on any atom is -0.383 e. The van der Waals surface area contributed by atoms with Crippen LogP contribution in [-0.4, -0.2) is 66.3 Å². The first kappa shape index (κ1) is 15.0. The van der Waals surface area contributed by atoms with E-state index in [9.17, 15) is 0 Å². The van der Waals surface area contributed by atoms with E-state index >= 15 is 0 Å². The SMILES string of the molecule is COCCn1cncc1CN1C[C@@H](N(C)C)[C@H](C2CC2)C1. The lowest BCUT2D eigenvalue weighted by molar-refractivity contribution is 0.184. The molecule has 5 heteroatoms. The maximum Gasteiger partial charge on any atom is 0.0949 e. The predicted octanol–water partition coefficient (Wildman–Crippen LogP) is 1.30. The predicted molar refractivity (Wildman–Crippen MR) is 83.1 cm³/mol. The Morgan fingerprint density at radius 3 is 2.81 bits per heavy atom. The Kier molecular flexibility index (Phi) is 4.62. The molecule has 0 spiro atoms. The van der Waals surface area contributed by atoms with E-state index in [1.54, 1.807) is 7.11 Å². The molecule has 5 nitrogen and oxygen atoms in total. The zero-order valence-electron chi connectivity index (χ0n) is 13.5. The number of rotatable bonds is 7. The molecule has 1 aromatic rings. The van der Waals surface area contributed by atoms with Crippen LogP contribution in [0.15, 0.2) is 12.5 Å². The quantitative estimate of drug-likeness (QED) is 0.758. The summed E-state index contributed by atoms with van der Waals surface area (Å²) in [5.74, 6) is 1.83. The van der Waals surface area contributed by atoms with Crippen molar-refractivity contribution >= 4 is 0 Å². The van der Waals surface area contributed by atoms with Crippen LogP contribution in [0, 0.1) is 11.8 Å². The second-order valence-electron chi connectivity index (χ2n) is 6.80. The van der Waals surface area contributed by atoms with Crippen molar-refractivity contribution in [1.82, 2.24) is 19.4 Å². The first-order valence-electron chi connectivity index (χ1n) is 8.05. The molecule has 0 amide bonds. The second kappa shape index (κ2) is 6.46. The fraction of sp³-hybridized carbons (Fsp3) is 0.812. The van der Waals surface area contributed by atoms with Gasteiger partial charge < -0.3 is 14.2 Å². The van der Waals surface area contributed by atoms with Gasteiger partial charge in [0, 0.05) is 45.5 Å². The van der Waals surface area contributed by atoms with Crippen molar-refractivity contribution in [3.63, 3.8) is 0 Å². The lowest BCUT2D eigenvalue weighted by atomic mass is 9.97. The van der Waals surface area contributed by atoms with Crippen LogP contribution in [-0.2, 0) is 17.8 Å². The van der Waals surface area contributed by atoms with Crippen molar-refractivity contribution in [2.45, 2.75) is 32.0 Å². The normalized spacial score (nSPS) is 26.9. The summed E-state index contributed by atoms with van der Waals surface area (Å²) in [4.78, 5) is 9.33. The fourth-order valence-electron chi connectivity index (χ4n) is 3.66. The molecule has 21 heavy (non-hydrogen) atoms. The molecule has 1 aliphatic heterocycles. The molecule has 0 aromatic carbocycles. The van der Waals surface area contributed by atoms with Gasteiger partial charge in [-0.05, 0) is 38.8 Å². The highest BCUT2D eigenvalue weighted by atomic mass is 16.5. The van der Waals surface area contributed by atoms with Gasteiger partial charge >= 0.3 is 0 Å². The molecule has 2 heterocycles. The smallest absolute Gasteiger partial charge is 0.0949 e. The number of hydrogen-bond donors (Lipinski definition) is 0. The molecular formula is C16H28N4O. The number of methoxy groups -OCH3 is 1. The molecule has 1 saturated heterocycles. The van der Waals surface area contributed by atoms with Crippen molar-refractivity contribution in [1.29, 1.82) is 0 Å². The first-order valence-corrected chi connectivity index (χ1v) is 8.05. The number of nitrogens with zero attached hydrogens (tertiary/aromatic N) is 4. The van der Waals surface area contributed by atoms with E-state index in [-0.39, 0.29) is 0 Å². The van der Waals surface area contributed by atoms with Gasteiger partial charge in [-0.25, -0.2) is 4.98 Å². The fourth-order valence-corrected chi connectivity index (χ4v) is 3.66. The third-order valence-corrected chi connectivity index (χ3v) is 5.02. The summed E-state index contributed by atoms with van der Waals surface area (Å²) in [7, 11) is 6.21. The van der Waals surface area contributed by atoms with E-state index < -0.39 is 0 Å². The minimum atomic E-state index is 0.716. The van der Waals surface area contributed by atoms with Crippen molar-refractivity contribution < 1.29 is 4.74 Å². The third-order valence-electron chi connectivity index (χ3n) is 5.02. The summed E-state index contributed by atoms with van der Waals surface area (Å²) in [6, 6.07) is 0.716. The second-order valence-corrected chi connectivity index (χ2v) is 6.80. The summed E-state index contributed by atoms with van der Waals surface area (Å²) in [5.41, 5.74) is 1.31. The molecule has 1 aromatic heterocycles. The van der Waals surface area contributed by atoms with E-state index in [2.05, 4.69) is 33.4 Å². The van der Waals surface area contributed by atoms with Gasteiger partial charge in [-0.15, -0.1) is 0 Å². The average molecular weight is 292 g/mol. The molecule has 2 fully saturated rings. The molecule has 3 rings (SSSR count). The van der Waals surface area contributed by atoms with Crippen molar-refractivity contribution in [3.05, 3.63) is 18.2 Å². The molecule has 0 bridgehead atoms. The Hall–Kier alpha value is -0.910. The Balaban J connectivity index is 1.61. The van der Waals surface area contributed by atoms with Crippen LogP contribution >= 0.6 is 0 Å². The van der Waals surface area contributed by atoms with Gasteiger partial charge in [-0.1, -0.05) is 0 Å². The molecule has 2 aliphatic rings. The van der Waals surface area contributed by atoms with Crippen LogP contribution in [0.25, 0.3) is 0 Å². The minimum absolute atomic E-state index is 0.716. The van der Waals surface area contributed by atoms with Crippen molar-refractivity contribution in [3.8, 4) is 0 Å². The maximum atomic E-state index is 5.18. The van der Waals surface area contributed by atoms with Crippen molar-refractivity contribution in [2.24, 2.45) is 11.8 Å². The van der Waals surface area contributed by atoms with Gasteiger partial charge in [0.1, 0.15) is 0 Å². The van der Waals surface area contributed by atoms with Gasteiger partial charge in [-0.2, -0.15) is 0 Å². The number of hydrogen-bond acceptors (Lipinski definition) is 4. The highest BCUT2D eigenvalue weighted by Gasteiger charge is 2.43. The largest absolute Gasteiger partial charge is 0.383 e. The number of aromatic nitrogens is 2. The van der Waals surface area contributed by atoms with Crippen LogP contribution < -0.4 is 0 Å². The van der Waals surface area contributed by atoms with Crippen LogP contribution in [0.2, 0.25) is 0 Å². The Morgan fingerprint density at radius 1 is 1.33 bits per heavy atom. The number of ether oxygens (including phenoxy) is 1. The summed E-state index contributed by atoms with van der Waals surface area (Å²) >= 11 is 0. The van der Waals surface area contributed by atoms with Gasteiger partial charge in [0.05, 0.1) is 18.6 Å². The zero-order chi connectivity index (χ0) is 14.8. The maximum absolute atomic E-state index is 5.18. The molecule has 118 valence electrons. The summed E-state index contributed by atoms with van der Waals surface area (Å²) in [6.45, 7) is 5.07. The van der Waals surface area contributed by atoms with Gasteiger partial charge in [0.25, 0.3) is 0 Å². The van der Waals surface area contributed by atoms with E-state index in [0.29, 0.717) is 6.04 Å². The Labute approximate surface area is 127 Å². The van der Waals surface area contributed by atoms with Crippen LogP contribution in [0.4, 0.5) is 0 Å². The summed E-state index contributed by atoms with van der Waals surface area (Å²) in [5, 5.41) is 0. The summed E-state index contributed by atoms with van der Waals surface area (Å²) in [6.07, 6.45) is 6.81. The number of imidazole rings is 1. The Morgan fingerprint density at radius 2 is 2.14 bits per heavy atom. The molecule has 0 unspecified atom stereocenters.